The van der Waals surface area contributed by atoms with Gasteiger partial charge < -0.3 is 4.90 Å². The quantitative estimate of drug-likeness (QED) is 0.490. The molecule has 0 atom stereocenters. The molecule has 2 heterocycles. The Morgan fingerprint density at radius 2 is 2.10 bits per heavy atom. The fraction of sp³-hybridized carbons (Fsp3) is 0.571. The van der Waals surface area contributed by atoms with E-state index in [9.17, 15) is 9.59 Å². The maximum absolute atomic E-state index is 11.6. The first-order valence-electron chi connectivity index (χ1n) is 7.09. The van der Waals surface area contributed by atoms with E-state index in [1.807, 2.05) is 17.9 Å². The maximum atomic E-state index is 11.6. The van der Waals surface area contributed by atoms with Gasteiger partial charge in [0.1, 0.15) is 0 Å². The summed E-state index contributed by atoms with van der Waals surface area (Å²) in [6, 6.07) is 1.91. The van der Waals surface area contributed by atoms with Crippen LogP contribution < -0.4 is 11.3 Å². The summed E-state index contributed by atoms with van der Waals surface area (Å²) in [7, 11) is 0. The second kappa shape index (κ2) is 7.02. The van der Waals surface area contributed by atoms with Crippen LogP contribution in [0.1, 0.15) is 33.5 Å². The highest BCUT2D eigenvalue weighted by Crippen LogP contribution is 2.23. The van der Waals surface area contributed by atoms with E-state index in [4.69, 9.17) is 5.84 Å². The Morgan fingerprint density at radius 1 is 1.33 bits per heavy atom. The van der Waals surface area contributed by atoms with Crippen molar-refractivity contribution >= 4 is 23.2 Å². The van der Waals surface area contributed by atoms with Gasteiger partial charge in [-0.3, -0.25) is 19.9 Å². The predicted molar refractivity (Wildman–Crippen MR) is 82.9 cm³/mol. The Labute approximate surface area is 128 Å². The lowest BCUT2D eigenvalue weighted by molar-refractivity contribution is -0.128. The first kappa shape index (κ1) is 15.9. The van der Waals surface area contributed by atoms with Crippen molar-refractivity contribution in [3.63, 3.8) is 0 Å². The average Bonchev–Trinajstić information content (AvgIpc) is 2.67. The lowest BCUT2D eigenvalue weighted by atomic mass is 10.2. The van der Waals surface area contributed by atoms with Gasteiger partial charge in [0.05, 0.1) is 4.88 Å². The molecule has 0 saturated carbocycles. The number of thiophene rings is 1. The van der Waals surface area contributed by atoms with Crippen LogP contribution in [0.5, 0.6) is 0 Å². The first-order valence-corrected chi connectivity index (χ1v) is 7.91. The standard InChI is InChI=1S/C14H22N4O2S/c1-10-12(8-13(21-10)14(20)16-15)9-17-4-3-5-18(7-6-17)11(2)19/h8H,3-7,9,15H2,1-2H3,(H,16,20). The van der Waals surface area contributed by atoms with Gasteiger partial charge in [-0.25, -0.2) is 5.84 Å². The third-order valence-corrected chi connectivity index (χ3v) is 4.89. The van der Waals surface area contributed by atoms with Crippen LogP contribution in [0.25, 0.3) is 0 Å². The van der Waals surface area contributed by atoms with Crippen molar-refractivity contribution in [2.75, 3.05) is 26.2 Å². The van der Waals surface area contributed by atoms with Crippen LogP contribution >= 0.6 is 11.3 Å². The number of hydrogen-bond donors (Lipinski definition) is 2. The van der Waals surface area contributed by atoms with Gasteiger partial charge in [-0.2, -0.15) is 0 Å². The highest BCUT2D eigenvalue weighted by molar-refractivity contribution is 7.14. The Balaban J connectivity index is 2.00. The zero-order chi connectivity index (χ0) is 15.4. The minimum atomic E-state index is -0.243. The molecule has 1 aromatic rings. The first-order chi connectivity index (χ1) is 10.0. The molecule has 21 heavy (non-hydrogen) atoms. The van der Waals surface area contributed by atoms with Crippen LogP contribution in [-0.4, -0.2) is 47.8 Å². The molecule has 1 aliphatic heterocycles. The smallest absolute Gasteiger partial charge is 0.275 e. The highest BCUT2D eigenvalue weighted by atomic mass is 32.1. The van der Waals surface area contributed by atoms with Crippen molar-refractivity contribution in [2.45, 2.75) is 26.8 Å². The molecule has 0 unspecified atom stereocenters. The Hall–Kier alpha value is -1.44. The number of nitrogens with one attached hydrogen (secondary N) is 1. The summed E-state index contributed by atoms with van der Waals surface area (Å²) in [4.78, 5) is 29.0. The minimum absolute atomic E-state index is 0.144. The summed E-state index contributed by atoms with van der Waals surface area (Å²) in [5.41, 5.74) is 3.33. The number of hydrogen-bond acceptors (Lipinski definition) is 5. The SMILES string of the molecule is CC(=O)N1CCCN(Cc2cc(C(=O)NN)sc2C)CC1. The molecule has 0 aliphatic carbocycles. The fourth-order valence-corrected chi connectivity index (χ4v) is 3.48. The van der Waals surface area contributed by atoms with Gasteiger partial charge in [-0.05, 0) is 25.0 Å². The average molecular weight is 310 g/mol. The molecule has 0 aromatic carbocycles. The van der Waals surface area contributed by atoms with E-state index in [2.05, 4.69) is 10.3 Å². The summed E-state index contributed by atoms with van der Waals surface area (Å²) in [6.45, 7) is 7.89. The predicted octanol–water partition coefficient (Wildman–Crippen LogP) is 0.714. The molecule has 1 saturated heterocycles. The van der Waals surface area contributed by atoms with Crippen LogP contribution in [0.15, 0.2) is 6.07 Å². The second-order valence-corrected chi connectivity index (χ2v) is 6.56. The van der Waals surface area contributed by atoms with Crippen LogP contribution in [0, 0.1) is 6.92 Å². The van der Waals surface area contributed by atoms with Gasteiger partial charge in [-0.15, -0.1) is 11.3 Å². The number of rotatable bonds is 3. The monoisotopic (exact) mass is 310 g/mol. The third kappa shape index (κ3) is 4.03. The van der Waals surface area contributed by atoms with Crippen molar-refractivity contribution in [1.29, 1.82) is 0 Å². The number of nitrogens with zero attached hydrogens (tertiary/aromatic N) is 2. The highest BCUT2D eigenvalue weighted by Gasteiger charge is 2.18. The summed E-state index contributed by atoms with van der Waals surface area (Å²) in [5.74, 6) is 5.07. The van der Waals surface area contributed by atoms with Crippen molar-refractivity contribution in [2.24, 2.45) is 5.84 Å². The van der Waals surface area contributed by atoms with Crippen molar-refractivity contribution in [1.82, 2.24) is 15.2 Å². The molecule has 1 aromatic heterocycles. The van der Waals surface area contributed by atoms with Crippen molar-refractivity contribution < 1.29 is 9.59 Å². The molecule has 1 fully saturated rings. The third-order valence-electron chi connectivity index (χ3n) is 3.80. The van der Waals surface area contributed by atoms with Gasteiger partial charge in [-0.1, -0.05) is 0 Å². The van der Waals surface area contributed by atoms with Crippen molar-refractivity contribution in [3.05, 3.63) is 21.4 Å². The summed E-state index contributed by atoms with van der Waals surface area (Å²) in [6.07, 6.45) is 0.985. The molecular weight excluding hydrogens is 288 g/mol. The molecule has 2 amide bonds. The van der Waals surface area contributed by atoms with Gasteiger partial charge >= 0.3 is 0 Å². The zero-order valence-electron chi connectivity index (χ0n) is 12.5. The van der Waals surface area contributed by atoms with Crippen LogP contribution in [0.3, 0.4) is 0 Å². The second-order valence-electron chi connectivity index (χ2n) is 5.30. The van der Waals surface area contributed by atoms with Crippen LogP contribution in [0.4, 0.5) is 0 Å². The Kier molecular flexibility index (Phi) is 5.33. The summed E-state index contributed by atoms with van der Waals surface area (Å²) in [5, 5.41) is 0. The normalized spacial score (nSPS) is 16.6. The summed E-state index contributed by atoms with van der Waals surface area (Å²) < 4.78 is 0. The number of amides is 2. The van der Waals surface area contributed by atoms with Gasteiger partial charge in [0.15, 0.2) is 0 Å². The molecule has 6 nitrogen and oxygen atoms in total. The topological polar surface area (TPSA) is 78.7 Å². The number of carbonyl (C=O) groups is 2. The van der Waals surface area contributed by atoms with E-state index in [1.165, 1.54) is 11.3 Å². The summed E-state index contributed by atoms with van der Waals surface area (Å²) >= 11 is 1.46. The molecule has 116 valence electrons. The molecule has 0 bridgehead atoms. The molecule has 7 heteroatoms. The number of nitrogens with two attached hydrogens (primary N) is 1. The maximum Gasteiger partial charge on any atom is 0.275 e. The number of carbonyl (C=O) groups excluding carboxylic acids is 2. The number of hydrazine groups is 1. The van der Waals surface area contributed by atoms with Gasteiger partial charge in [0.2, 0.25) is 5.91 Å². The number of nitrogen functional groups attached to an aromatic ring is 1. The molecule has 3 N–H and O–H groups in total. The Bertz CT molecular complexity index is 529. The van der Waals surface area contributed by atoms with Crippen molar-refractivity contribution in [3.8, 4) is 0 Å². The molecule has 2 rings (SSSR count). The fourth-order valence-electron chi connectivity index (χ4n) is 2.54. The number of aryl methyl sites for hydroxylation is 1. The van der Waals surface area contributed by atoms with Gasteiger partial charge in [0, 0.05) is 44.5 Å². The molecule has 0 radical (unpaired) electrons. The zero-order valence-corrected chi connectivity index (χ0v) is 13.3. The van der Waals surface area contributed by atoms with Crippen LogP contribution in [-0.2, 0) is 11.3 Å². The minimum Gasteiger partial charge on any atom is -0.342 e. The van der Waals surface area contributed by atoms with E-state index < -0.39 is 0 Å². The lowest BCUT2D eigenvalue weighted by Gasteiger charge is -2.21. The largest absolute Gasteiger partial charge is 0.342 e. The van der Waals surface area contributed by atoms with Gasteiger partial charge in [0.25, 0.3) is 5.91 Å². The lowest BCUT2D eigenvalue weighted by Crippen LogP contribution is -2.33. The molecule has 1 aliphatic rings. The van der Waals surface area contributed by atoms with Crippen LogP contribution in [0.2, 0.25) is 0 Å². The van der Waals surface area contributed by atoms with E-state index in [-0.39, 0.29) is 11.8 Å². The molecule has 0 spiro atoms. The Morgan fingerprint density at radius 3 is 2.76 bits per heavy atom. The van der Waals surface area contributed by atoms with E-state index >= 15 is 0 Å². The van der Waals surface area contributed by atoms with E-state index in [1.54, 1.807) is 6.92 Å². The van der Waals surface area contributed by atoms with E-state index in [0.29, 0.717) is 4.88 Å². The van der Waals surface area contributed by atoms with E-state index in [0.717, 1.165) is 49.6 Å². The molecular formula is C14H22N4O2S.